The van der Waals surface area contributed by atoms with E-state index in [1.807, 2.05) is 0 Å². The predicted octanol–water partition coefficient (Wildman–Crippen LogP) is 3.49. The summed E-state index contributed by atoms with van der Waals surface area (Å²) in [5.41, 5.74) is 1.51. The van der Waals surface area contributed by atoms with Gasteiger partial charge in [-0.25, -0.2) is 0 Å². The van der Waals surface area contributed by atoms with Crippen molar-refractivity contribution in [2.75, 3.05) is 0 Å². The van der Waals surface area contributed by atoms with E-state index in [-0.39, 0.29) is 0 Å². The van der Waals surface area contributed by atoms with Crippen molar-refractivity contribution in [1.29, 1.82) is 0 Å². The molecule has 1 nitrogen and oxygen atoms in total. The van der Waals surface area contributed by atoms with Crippen LogP contribution in [0.1, 0.15) is 51.9 Å². The molecule has 0 bridgehead atoms. The lowest BCUT2D eigenvalue weighted by Gasteiger charge is -2.20. The van der Waals surface area contributed by atoms with Crippen LogP contribution in [0.25, 0.3) is 0 Å². The van der Waals surface area contributed by atoms with Crippen LogP contribution >= 0.6 is 0 Å². The maximum atomic E-state index is 10.2. The van der Waals surface area contributed by atoms with E-state index in [1.54, 1.807) is 0 Å². The average Bonchev–Trinajstić information content (AvgIpc) is 2.17. The van der Waals surface area contributed by atoms with Crippen LogP contribution in [-0.2, 0) is 4.79 Å². The zero-order chi connectivity index (χ0) is 9.52. The van der Waals surface area contributed by atoms with Gasteiger partial charge in [0.25, 0.3) is 0 Å². The van der Waals surface area contributed by atoms with Crippen LogP contribution in [0.15, 0.2) is 11.6 Å². The van der Waals surface area contributed by atoms with Gasteiger partial charge >= 0.3 is 0 Å². The maximum absolute atomic E-state index is 10.2. The van der Waals surface area contributed by atoms with E-state index in [2.05, 4.69) is 13.0 Å². The summed E-state index contributed by atoms with van der Waals surface area (Å²) in [5.74, 6) is 0.921. The summed E-state index contributed by atoms with van der Waals surface area (Å²) in [6.45, 7) is 2.26. The predicted molar refractivity (Wildman–Crippen MR) is 55.6 cm³/mol. The van der Waals surface area contributed by atoms with Crippen molar-refractivity contribution < 1.29 is 4.79 Å². The number of aldehydes is 1. The van der Waals surface area contributed by atoms with Crippen molar-refractivity contribution in [3.05, 3.63) is 11.6 Å². The van der Waals surface area contributed by atoms with Gasteiger partial charge in [0, 0.05) is 6.42 Å². The molecule has 0 aromatic heterocycles. The van der Waals surface area contributed by atoms with Gasteiger partial charge < -0.3 is 4.79 Å². The van der Waals surface area contributed by atoms with Crippen LogP contribution in [0.2, 0.25) is 0 Å². The highest BCUT2D eigenvalue weighted by Crippen LogP contribution is 2.28. The molecule has 0 N–H and O–H groups in total. The van der Waals surface area contributed by atoms with Gasteiger partial charge in [-0.2, -0.15) is 0 Å². The van der Waals surface area contributed by atoms with Crippen LogP contribution in [0, 0.1) is 5.92 Å². The van der Waals surface area contributed by atoms with Crippen LogP contribution < -0.4 is 0 Å². The molecule has 0 fully saturated rings. The molecule has 1 atom stereocenters. The van der Waals surface area contributed by atoms with Gasteiger partial charge in [0.1, 0.15) is 6.29 Å². The molecule has 1 aliphatic carbocycles. The topological polar surface area (TPSA) is 17.1 Å². The third-order valence-electron chi connectivity index (χ3n) is 2.89. The Morgan fingerprint density at radius 3 is 3.00 bits per heavy atom. The number of rotatable bonds is 5. The highest BCUT2D eigenvalue weighted by atomic mass is 16.1. The quantitative estimate of drug-likeness (QED) is 0.467. The summed E-state index contributed by atoms with van der Waals surface area (Å²) in [5, 5.41) is 0. The maximum Gasteiger partial charge on any atom is 0.120 e. The smallest absolute Gasteiger partial charge is 0.120 e. The second kappa shape index (κ2) is 5.95. The van der Waals surface area contributed by atoms with Crippen molar-refractivity contribution in [2.45, 2.75) is 51.9 Å². The Kier molecular flexibility index (Phi) is 4.81. The first kappa shape index (κ1) is 10.5. The molecule has 0 aromatic carbocycles. The van der Waals surface area contributed by atoms with E-state index >= 15 is 0 Å². The molecular formula is C12H20O. The standard InChI is InChI=1S/C12H20O/c1-2-4-11-6-8-12(9-7-11)5-3-10-13/h8,10-11H,2-7,9H2,1H3. The number of hydrogen-bond donors (Lipinski definition) is 0. The van der Waals surface area contributed by atoms with Crippen LogP contribution in [0.4, 0.5) is 0 Å². The molecule has 0 heterocycles. The summed E-state index contributed by atoms with van der Waals surface area (Å²) >= 11 is 0. The van der Waals surface area contributed by atoms with E-state index in [4.69, 9.17) is 0 Å². The fraction of sp³-hybridized carbons (Fsp3) is 0.750. The molecule has 1 aliphatic rings. The van der Waals surface area contributed by atoms with Gasteiger partial charge in [-0.1, -0.05) is 31.4 Å². The van der Waals surface area contributed by atoms with Gasteiger partial charge in [0.05, 0.1) is 0 Å². The zero-order valence-corrected chi connectivity index (χ0v) is 8.59. The molecule has 0 aromatic rings. The third kappa shape index (κ3) is 3.75. The minimum atomic E-state index is 0.713. The fourth-order valence-electron chi connectivity index (χ4n) is 2.08. The average molecular weight is 180 g/mol. The molecule has 0 saturated carbocycles. The number of allylic oxidation sites excluding steroid dienone is 2. The van der Waals surface area contributed by atoms with Crippen molar-refractivity contribution in [2.24, 2.45) is 5.92 Å². The number of carbonyl (C=O) groups is 1. The molecule has 1 unspecified atom stereocenters. The lowest BCUT2D eigenvalue weighted by molar-refractivity contribution is -0.107. The van der Waals surface area contributed by atoms with E-state index in [0.29, 0.717) is 6.42 Å². The molecule has 1 heteroatoms. The zero-order valence-electron chi connectivity index (χ0n) is 8.59. The highest BCUT2D eigenvalue weighted by molar-refractivity contribution is 5.49. The third-order valence-corrected chi connectivity index (χ3v) is 2.89. The SMILES string of the molecule is CCCC1CC=C(CCC=O)CC1. The Labute approximate surface area is 81.2 Å². The van der Waals surface area contributed by atoms with Crippen LogP contribution in [-0.4, -0.2) is 6.29 Å². The van der Waals surface area contributed by atoms with Gasteiger partial charge in [-0.05, 0) is 31.6 Å². The molecular weight excluding hydrogens is 160 g/mol. The molecule has 0 saturated heterocycles. The second-order valence-electron chi connectivity index (χ2n) is 4.00. The second-order valence-corrected chi connectivity index (χ2v) is 4.00. The Morgan fingerprint density at radius 1 is 1.62 bits per heavy atom. The number of hydrogen-bond acceptors (Lipinski definition) is 1. The fourth-order valence-corrected chi connectivity index (χ4v) is 2.08. The minimum Gasteiger partial charge on any atom is -0.303 e. The first-order valence-corrected chi connectivity index (χ1v) is 5.48. The molecule has 0 amide bonds. The molecule has 13 heavy (non-hydrogen) atoms. The largest absolute Gasteiger partial charge is 0.303 e. The molecule has 74 valence electrons. The minimum absolute atomic E-state index is 0.713. The Morgan fingerprint density at radius 2 is 2.46 bits per heavy atom. The Bertz CT molecular complexity index is 182. The Balaban J connectivity index is 2.25. The van der Waals surface area contributed by atoms with Crippen LogP contribution in [0.3, 0.4) is 0 Å². The van der Waals surface area contributed by atoms with Gasteiger partial charge in [0.15, 0.2) is 0 Å². The summed E-state index contributed by atoms with van der Waals surface area (Å²) in [6.07, 6.45) is 11.6. The highest BCUT2D eigenvalue weighted by Gasteiger charge is 2.12. The molecule has 0 aliphatic heterocycles. The Hall–Kier alpha value is -0.590. The van der Waals surface area contributed by atoms with Crippen molar-refractivity contribution in [3.8, 4) is 0 Å². The van der Waals surface area contributed by atoms with Gasteiger partial charge in [-0.15, -0.1) is 0 Å². The van der Waals surface area contributed by atoms with E-state index in [0.717, 1.165) is 18.6 Å². The number of carbonyl (C=O) groups excluding carboxylic acids is 1. The summed E-state index contributed by atoms with van der Waals surface area (Å²) in [6, 6.07) is 0. The monoisotopic (exact) mass is 180 g/mol. The summed E-state index contributed by atoms with van der Waals surface area (Å²) in [7, 11) is 0. The first-order chi connectivity index (χ1) is 6.36. The lowest BCUT2D eigenvalue weighted by Crippen LogP contribution is -2.05. The van der Waals surface area contributed by atoms with E-state index in [9.17, 15) is 4.79 Å². The van der Waals surface area contributed by atoms with Crippen LogP contribution in [0.5, 0.6) is 0 Å². The molecule has 0 spiro atoms. The lowest BCUT2D eigenvalue weighted by atomic mass is 9.85. The normalized spacial score (nSPS) is 22.5. The van der Waals surface area contributed by atoms with Gasteiger partial charge in [0.2, 0.25) is 0 Å². The van der Waals surface area contributed by atoms with Crippen molar-refractivity contribution in [3.63, 3.8) is 0 Å². The summed E-state index contributed by atoms with van der Waals surface area (Å²) < 4.78 is 0. The van der Waals surface area contributed by atoms with Crippen molar-refractivity contribution >= 4 is 6.29 Å². The molecule has 0 radical (unpaired) electrons. The first-order valence-electron chi connectivity index (χ1n) is 5.48. The van der Waals surface area contributed by atoms with Crippen molar-refractivity contribution in [1.82, 2.24) is 0 Å². The van der Waals surface area contributed by atoms with E-state index < -0.39 is 0 Å². The van der Waals surface area contributed by atoms with E-state index in [1.165, 1.54) is 37.7 Å². The summed E-state index contributed by atoms with van der Waals surface area (Å²) in [4.78, 5) is 10.2. The molecule has 1 rings (SSSR count). The van der Waals surface area contributed by atoms with Gasteiger partial charge in [-0.3, -0.25) is 0 Å².